The number of allylic oxidation sites excluding steroid dienone is 4. The zero-order valence-corrected chi connectivity index (χ0v) is 13.4. The molecule has 3 nitrogen and oxygen atoms in total. The van der Waals surface area contributed by atoms with Gasteiger partial charge in [-0.2, -0.15) is 0 Å². The minimum atomic E-state index is -0.540. The lowest BCUT2D eigenvalue weighted by atomic mass is 10.0. The highest BCUT2D eigenvalue weighted by atomic mass is 16.6. The van der Waals surface area contributed by atoms with E-state index in [9.17, 15) is 9.59 Å². The minimum absolute atomic E-state index is 0.377. The molecule has 1 aromatic carbocycles. The molecule has 0 saturated carbocycles. The van der Waals surface area contributed by atoms with Crippen molar-refractivity contribution >= 4 is 11.9 Å². The van der Waals surface area contributed by atoms with E-state index < -0.39 is 11.9 Å². The molecule has 0 fully saturated rings. The first kappa shape index (κ1) is 16.2. The summed E-state index contributed by atoms with van der Waals surface area (Å²) in [5, 5.41) is 0. The van der Waals surface area contributed by atoms with Crippen LogP contribution < -0.4 is 0 Å². The van der Waals surface area contributed by atoms with Gasteiger partial charge in [0.15, 0.2) is 0 Å². The molecule has 0 unspecified atom stereocenters. The number of carbonyl (C=O) groups excluding carboxylic acids is 2. The molecule has 116 valence electrons. The monoisotopic (exact) mass is 298 g/mol. The minimum Gasteiger partial charge on any atom is -0.386 e. The standard InChI is InChI=1S/C19H22O3/c1-13(2)6-4-7-14(3)8-5-9-15-10-11-16-17(12-15)19(21)22-18(16)20/h6,8,10-12H,4-5,7,9H2,1-3H3/b14-8+. The van der Waals surface area contributed by atoms with Crippen LogP contribution in [0.25, 0.3) is 0 Å². The summed E-state index contributed by atoms with van der Waals surface area (Å²) >= 11 is 0. The Bertz CT molecular complexity index is 647. The summed E-state index contributed by atoms with van der Waals surface area (Å²) in [5.41, 5.74) is 4.56. The summed E-state index contributed by atoms with van der Waals surface area (Å²) in [4.78, 5) is 22.9. The number of ether oxygens (including phenoxy) is 1. The predicted octanol–water partition coefficient (Wildman–Crippen LogP) is 4.62. The molecule has 0 radical (unpaired) electrons. The first-order chi connectivity index (χ1) is 10.5. The summed E-state index contributed by atoms with van der Waals surface area (Å²) in [6, 6.07) is 5.35. The lowest BCUT2D eigenvalue weighted by molar-refractivity contribution is 0.0444. The maximum absolute atomic E-state index is 11.5. The molecule has 0 aromatic heterocycles. The van der Waals surface area contributed by atoms with Crippen LogP contribution in [0.4, 0.5) is 0 Å². The molecule has 0 aliphatic carbocycles. The molecule has 0 bridgehead atoms. The van der Waals surface area contributed by atoms with Crippen molar-refractivity contribution in [2.75, 3.05) is 0 Å². The van der Waals surface area contributed by atoms with E-state index in [2.05, 4.69) is 37.7 Å². The van der Waals surface area contributed by atoms with Crippen molar-refractivity contribution in [2.45, 2.75) is 46.5 Å². The van der Waals surface area contributed by atoms with Crippen LogP contribution in [0.15, 0.2) is 41.5 Å². The van der Waals surface area contributed by atoms with Gasteiger partial charge in [0.1, 0.15) is 0 Å². The molecule has 0 spiro atoms. The fraction of sp³-hybridized carbons (Fsp3) is 0.368. The Hall–Kier alpha value is -2.16. The number of hydrogen-bond acceptors (Lipinski definition) is 3. The van der Waals surface area contributed by atoms with Crippen LogP contribution in [0.3, 0.4) is 0 Å². The van der Waals surface area contributed by atoms with Gasteiger partial charge in [-0.3, -0.25) is 0 Å². The third-order valence-electron chi connectivity index (χ3n) is 3.73. The van der Waals surface area contributed by atoms with E-state index >= 15 is 0 Å². The van der Waals surface area contributed by atoms with Crippen LogP contribution in [0.5, 0.6) is 0 Å². The molecule has 3 heteroatoms. The van der Waals surface area contributed by atoms with Crippen molar-refractivity contribution in [1.29, 1.82) is 0 Å². The Balaban J connectivity index is 1.90. The lowest BCUT2D eigenvalue weighted by Crippen LogP contribution is -1.97. The van der Waals surface area contributed by atoms with Crippen LogP contribution in [-0.2, 0) is 11.2 Å². The van der Waals surface area contributed by atoms with Crippen molar-refractivity contribution in [3.8, 4) is 0 Å². The fourth-order valence-corrected chi connectivity index (χ4v) is 2.46. The number of fused-ring (bicyclic) bond motifs is 1. The van der Waals surface area contributed by atoms with Crippen LogP contribution in [0, 0.1) is 0 Å². The van der Waals surface area contributed by atoms with Gasteiger partial charge in [-0.15, -0.1) is 0 Å². The van der Waals surface area contributed by atoms with Gasteiger partial charge in [0.2, 0.25) is 0 Å². The average molecular weight is 298 g/mol. The number of hydrogen-bond donors (Lipinski definition) is 0. The quantitative estimate of drug-likeness (QED) is 0.437. The molecule has 0 N–H and O–H groups in total. The topological polar surface area (TPSA) is 43.4 Å². The van der Waals surface area contributed by atoms with E-state index in [0.717, 1.165) is 31.2 Å². The zero-order chi connectivity index (χ0) is 16.1. The van der Waals surface area contributed by atoms with E-state index in [1.807, 2.05) is 6.07 Å². The van der Waals surface area contributed by atoms with Gasteiger partial charge < -0.3 is 4.74 Å². The highest BCUT2D eigenvalue weighted by molar-refractivity contribution is 6.14. The van der Waals surface area contributed by atoms with Gasteiger partial charge in [-0.1, -0.05) is 29.4 Å². The second-order valence-corrected chi connectivity index (χ2v) is 5.97. The van der Waals surface area contributed by atoms with E-state index in [0.29, 0.717) is 11.1 Å². The average Bonchev–Trinajstić information content (AvgIpc) is 2.73. The number of carbonyl (C=O) groups is 2. The second kappa shape index (κ2) is 7.21. The summed E-state index contributed by atoms with van der Waals surface area (Å²) in [6.45, 7) is 6.38. The normalized spacial score (nSPS) is 13.9. The summed E-state index contributed by atoms with van der Waals surface area (Å²) in [5.74, 6) is -1.07. The highest BCUT2D eigenvalue weighted by Crippen LogP contribution is 2.22. The van der Waals surface area contributed by atoms with Crippen LogP contribution >= 0.6 is 0 Å². The smallest absolute Gasteiger partial charge is 0.346 e. The first-order valence-electron chi connectivity index (χ1n) is 7.66. The predicted molar refractivity (Wildman–Crippen MR) is 86.9 cm³/mol. The highest BCUT2D eigenvalue weighted by Gasteiger charge is 2.29. The van der Waals surface area contributed by atoms with Gasteiger partial charge in [0, 0.05) is 0 Å². The molecular formula is C19H22O3. The molecule has 0 saturated heterocycles. The van der Waals surface area contributed by atoms with Gasteiger partial charge >= 0.3 is 11.9 Å². The first-order valence-corrected chi connectivity index (χ1v) is 7.66. The van der Waals surface area contributed by atoms with E-state index in [4.69, 9.17) is 0 Å². The Morgan fingerprint density at radius 2 is 1.73 bits per heavy atom. The largest absolute Gasteiger partial charge is 0.386 e. The third-order valence-corrected chi connectivity index (χ3v) is 3.73. The second-order valence-electron chi connectivity index (χ2n) is 5.97. The lowest BCUT2D eigenvalue weighted by Gasteiger charge is -2.02. The Morgan fingerprint density at radius 1 is 1.00 bits per heavy atom. The molecular weight excluding hydrogens is 276 g/mol. The SMILES string of the molecule is CC(C)=CCC/C(C)=C/CCc1ccc2c(c1)C(=O)OC2=O. The number of benzene rings is 1. The molecule has 1 aliphatic rings. The molecule has 1 aliphatic heterocycles. The van der Waals surface area contributed by atoms with Gasteiger partial charge in [0.05, 0.1) is 11.1 Å². The Morgan fingerprint density at radius 3 is 2.45 bits per heavy atom. The molecule has 0 amide bonds. The zero-order valence-electron chi connectivity index (χ0n) is 13.4. The number of cyclic esters (lactones) is 2. The van der Waals surface area contributed by atoms with Crippen molar-refractivity contribution in [3.63, 3.8) is 0 Å². The molecule has 1 aromatic rings. The maximum Gasteiger partial charge on any atom is 0.346 e. The number of aryl methyl sites for hydroxylation is 1. The van der Waals surface area contributed by atoms with E-state index in [-0.39, 0.29) is 0 Å². The van der Waals surface area contributed by atoms with Gasteiger partial charge in [0.25, 0.3) is 0 Å². The summed E-state index contributed by atoms with van der Waals surface area (Å²) in [6.07, 6.45) is 8.45. The van der Waals surface area contributed by atoms with Crippen molar-refractivity contribution in [2.24, 2.45) is 0 Å². The molecule has 1 heterocycles. The Labute approximate surface area is 131 Å². The fourth-order valence-electron chi connectivity index (χ4n) is 2.46. The molecule has 22 heavy (non-hydrogen) atoms. The van der Waals surface area contributed by atoms with Crippen molar-refractivity contribution in [3.05, 3.63) is 58.2 Å². The van der Waals surface area contributed by atoms with Crippen LogP contribution in [0.1, 0.15) is 66.3 Å². The van der Waals surface area contributed by atoms with Crippen LogP contribution in [0.2, 0.25) is 0 Å². The van der Waals surface area contributed by atoms with Crippen molar-refractivity contribution < 1.29 is 14.3 Å². The van der Waals surface area contributed by atoms with E-state index in [1.165, 1.54) is 11.1 Å². The van der Waals surface area contributed by atoms with E-state index in [1.54, 1.807) is 12.1 Å². The van der Waals surface area contributed by atoms with Crippen LogP contribution in [-0.4, -0.2) is 11.9 Å². The molecule has 0 atom stereocenters. The third kappa shape index (κ3) is 4.17. The van der Waals surface area contributed by atoms with Crippen molar-refractivity contribution in [1.82, 2.24) is 0 Å². The van der Waals surface area contributed by atoms with Gasteiger partial charge in [-0.25, -0.2) is 9.59 Å². The number of esters is 2. The maximum atomic E-state index is 11.5. The summed E-state index contributed by atoms with van der Waals surface area (Å²) < 4.78 is 4.60. The molecule has 2 rings (SSSR count). The van der Waals surface area contributed by atoms with Gasteiger partial charge in [-0.05, 0) is 64.2 Å². The Kier molecular flexibility index (Phi) is 5.31. The number of rotatable bonds is 6. The summed E-state index contributed by atoms with van der Waals surface area (Å²) in [7, 11) is 0.